The van der Waals surface area contributed by atoms with Gasteiger partial charge in [0.2, 0.25) is 0 Å². The van der Waals surface area contributed by atoms with E-state index in [9.17, 15) is 9.18 Å². The van der Waals surface area contributed by atoms with E-state index in [0.29, 0.717) is 12.5 Å². The van der Waals surface area contributed by atoms with Crippen molar-refractivity contribution in [2.45, 2.75) is 26.7 Å². The minimum atomic E-state index is -0.643. The molecule has 1 aromatic heterocycles. The molecule has 1 rings (SSSR count). The zero-order chi connectivity index (χ0) is 12.0. The van der Waals surface area contributed by atoms with Crippen molar-refractivity contribution in [3.05, 3.63) is 29.8 Å². The van der Waals surface area contributed by atoms with Gasteiger partial charge in [0.25, 0.3) is 0 Å². The van der Waals surface area contributed by atoms with Gasteiger partial charge < -0.3 is 4.74 Å². The largest absolute Gasteiger partial charge is 0.462 e. The average molecular weight is 225 g/mol. The van der Waals surface area contributed by atoms with Gasteiger partial charge >= 0.3 is 5.97 Å². The predicted molar refractivity (Wildman–Crippen MR) is 58.5 cm³/mol. The normalized spacial score (nSPS) is 12.2. The number of pyridine rings is 1. The van der Waals surface area contributed by atoms with E-state index in [1.807, 2.05) is 6.92 Å². The molecular formula is C12H16FNO2. The number of hydrogen-bond donors (Lipinski definition) is 0. The van der Waals surface area contributed by atoms with Gasteiger partial charge in [-0.15, -0.1) is 0 Å². The molecule has 0 fully saturated rings. The van der Waals surface area contributed by atoms with Crippen LogP contribution in [-0.2, 0) is 4.74 Å². The van der Waals surface area contributed by atoms with Gasteiger partial charge in [-0.3, -0.25) is 4.98 Å². The molecule has 0 aliphatic heterocycles. The Morgan fingerprint density at radius 2 is 2.38 bits per heavy atom. The maximum Gasteiger partial charge on any atom is 0.341 e. The third-order valence-electron chi connectivity index (χ3n) is 2.27. The first-order valence-electron chi connectivity index (χ1n) is 5.41. The molecule has 1 atom stereocenters. The molecule has 1 heterocycles. The summed E-state index contributed by atoms with van der Waals surface area (Å²) in [5.41, 5.74) is -0.0568. The van der Waals surface area contributed by atoms with Gasteiger partial charge in [-0.1, -0.05) is 20.3 Å². The van der Waals surface area contributed by atoms with Gasteiger partial charge in [-0.05, 0) is 18.4 Å². The van der Waals surface area contributed by atoms with E-state index in [-0.39, 0.29) is 5.56 Å². The van der Waals surface area contributed by atoms with Crippen LogP contribution in [0.5, 0.6) is 0 Å². The smallest absolute Gasteiger partial charge is 0.341 e. The molecule has 0 saturated carbocycles. The van der Waals surface area contributed by atoms with Crippen LogP contribution in [0.2, 0.25) is 0 Å². The molecule has 0 amide bonds. The van der Waals surface area contributed by atoms with E-state index < -0.39 is 11.8 Å². The van der Waals surface area contributed by atoms with Crippen LogP contribution >= 0.6 is 0 Å². The van der Waals surface area contributed by atoms with Gasteiger partial charge in [-0.2, -0.15) is 0 Å². The zero-order valence-electron chi connectivity index (χ0n) is 9.57. The van der Waals surface area contributed by atoms with Gasteiger partial charge in [0.05, 0.1) is 18.4 Å². The highest BCUT2D eigenvalue weighted by Crippen LogP contribution is 2.09. The van der Waals surface area contributed by atoms with Crippen LogP contribution in [0.4, 0.5) is 4.39 Å². The number of aromatic nitrogens is 1. The van der Waals surface area contributed by atoms with Crippen LogP contribution in [0.1, 0.15) is 37.0 Å². The van der Waals surface area contributed by atoms with Gasteiger partial charge in [0, 0.05) is 6.20 Å². The van der Waals surface area contributed by atoms with Gasteiger partial charge in [0.1, 0.15) is 0 Å². The Kier molecular flexibility index (Phi) is 4.89. The van der Waals surface area contributed by atoms with Crippen molar-refractivity contribution >= 4 is 5.97 Å². The molecule has 1 aromatic rings. The Balaban J connectivity index is 2.50. The lowest BCUT2D eigenvalue weighted by molar-refractivity contribution is 0.0438. The van der Waals surface area contributed by atoms with Crippen LogP contribution in [0.3, 0.4) is 0 Å². The third-order valence-corrected chi connectivity index (χ3v) is 2.27. The van der Waals surface area contributed by atoms with E-state index >= 15 is 0 Å². The number of halogens is 1. The molecule has 1 unspecified atom stereocenters. The molecule has 3 nitrogen and oxygen atoms in total. The Morgan fingerprint density at radius 1 is 1.62 bits per heavy atom. The number of hydrogen-bond acceptors (Lipinski definition) is 3. The lowest BCUT2D eigenvalue weighted by Gasteiger charge is -2.10. The summed E-state index contributed by atoms with van der Waals surface area (Å²) < 4.78 is 18.2. The standard InChI is InChI=1S/C12H16FNO2/c1-3-4-9(2)8-16-12(15)10-5-6-14-7-11(10)13/h5-7,9H,3-4,8H2,1-2H3. The first-order chi connectivity index (χ1) is 7.65. The molecule has 16 heavy (non-hydrogen) atoms. The van der Waals surface area contributed by atoms with Crippen molar-refractivity contribution in [1.29, 1.82) is 0 Å². The van der Waals surface area contributed by atoms with Crippen LogP contribution < -0.4 is 0 Å². The highest BCUT2D eigenvalue weighted by atomic mass is 19.1. The molecule has 0 N–H and O–H groups in total. The second kappa shape index (κ2) is 6.20. The van der Waals surface area contributed by atoms with Crippen molar-refractivity contribution in [2.24, 2.45) is 5.92 Å². The maximum absolute atomic E-state index is 13.1. The monoisotopic (exact) mass is 225 g/mol. The fourth-order valence-electron chi connectivity index (χ4n) is 1.41. The summed E-state index contributed by atoms with van der Waals surface area (Å²) in [7, 11) is 0. The molecule has 0 aromatic carbocycles. The summed E-state index contributed by atoms with van der Waals surface area (Å²) >= 11 is 0. The van der Waals surface area contributed by atoms with E-state index in [2.05, 4.69) is 11.9 Å². The van der Waals surface area contributed by atoms with Crippen molar-refractivity contribution < 1.29 is 13.9 Å². The van der Waals surface area contributed by atoms with Crippen molar-refractivity contribution in [2.75, 3.05) is 6.61 Å². The number of ether oxygens (including phenoxy) is 1. The number of carbonyl (C=O) groups is 1. The van der Waals surface area contributed by atoms with E-state index in [1.165, 1.54) is 12.3 Å². The van der Waals surface area contributed by atoms with E-state index in [1.54, 1.807) is 0 Å². The number of nitrogens with zero attached hydrogens (tertiary/aromatic N) is 1. The molecule has 4 heteroatoms. The minimum Gasteiger partial charge on any atom is -0.462 e. The second-order valence-electron chi connectivity index (χ2n) is 3.85. The Morgan fingerprint density at radius 3 is 3.00 bits per heavy atom. The van der Waals surface area contributed by atoms with Crippen LogP contribution in [0, 0.1) is 11.7 Å². The summed E-state index contributed by atoms with van der Waals surface area (Å²) in [4.78, 5) is 15.1. The van der Waals surface area contributed by atoms with Crippen LogP contribution in [-0.4, -0.2) is 17.6 Å². The SMILES string of the molecule is CCCC(C)COC(=O)c1ccncc1F. The van der Waals surface area contributed by atoms with Crippen LogP contribution in [0.25, 0.3) is 0 Å². The summed E-state index contributed by atoms with van der Waals surface area (Å²) in [6, 6.07) is 1.32. The molecule has 88 valence electrons. The summed E-state index contributed by atoms with van der Waals surface area (Å²) in [6.45, 7) is 4.40. The van der Waals surface area contributed by atoms with Crippen molar-refractivity contribution in [3.8, 4) is 0 Å². The highest BCUT2D eigenvalue weighted by molar-refractivity contribution is 5.89. The molecular weight excluding hydrogens is 209 g/mol. The molecule has 0 spiro atoms. The molecule has 0 aliphatic carbocycles. The zero-order valence-corrected chi connectivity index (χ0v) is 9.57. The lowest BCUT2D eigenvalue weighted by Crippen LogP contribution is -2.13. The number of rotatable bonds is 5. The molecule has 0 aliphatic rings. The van der Waals surface area contributed by atoms with Crippen molar-refractivity contribution in [1.82, 2.24) is 4.98 Å². The molecule has 0 bridgehead atoms. The summed E-state index contributed by atoms with van der Waals surface area (Å²) in [6.07, 6.45) is 4.41. The van der Waals surface area contributed by atoms with Crippen LogP contribution in [0.15, 0.2) is 18.5 Å². The van der Waals surface area contributed by atoms with E-state index in [0.717, 1.165) is 19.0 Å². The first-order valence-corrected chi connectivity index (χ1v) is 5.41. The molecule has 0 radical (unpaired) electrons. The maximum atomic E-state index is 13.1. The predicted octanol–water partition coefficient (Wildman–Crippen LogP) is 2.81. The topological polar surface area (TPSA) is 39.2 Å². The Bertz CT molecular complexity index is 355. The minimum absolute atomic E-state index is 0.0568. The fourth-order valence-corrected chi connectivity index (χ4v) is 1.41. The first kappa shape index (κ1) is 12.6. The average Bonchev–Trinajstić information content (AvgIpc) is 2.27. The summed E-state index contributed by atoms with van der Waals surface area (Å²) in [5.74, 6) is -0.961. The third kappa shape index (κ3) is 3.61. The Labute approximate surface area is 94.6 Å². The fraction of sp³-hybridized carbons (Fsp3) is 0.500. The second-order valence-corrected chi connectivity index (χ2v) is 3.85. The van der Waals surface area contributed by atoms with E-state index in [4.69, 9.17) is 4.74 Å². The Hall–Kier alpha value is -1.45. The highest BCUT2D eigenvalue weighted by Gasteiger charge is 2.13. The van der Waals surface area contributed by atoms with Gasteiger partial charge in [-0.25, -0.2) is 9.18 Å². The number of esters is 1. The lowest BCUT2D eigenvalue weighted by atomic mass is 10.1. The van der Waals surface area contributed by atoms with Crippen molar-refractivity contribution in [3.63, 3.8) is 0 Å². The molecule has 0 saturated heterocycles. The summed E-state index contributed by atoms with van der Waals surface area (Å²) in [5, 5.41) is 0. The number of carbonyl (C=O) groups excluding carboxylic acids is 1. The van der Waals surface area contributed by atoms with Gasteiger partial charge in [0.15, 0.2) is 5.82 Å². The quantitative estimate of drug-likeness (QED) is 0.723.